The first-order valence-corrected chi connectivity index (χ1v) is 7.96. The van der Waals surface area contributed by atoms with Crippen LogP contribution in [0.1, 0.15) is 16.7 Å². The van der Waals surface area contributed by atoms with Gasteiger partial charge in [-0.3, -0.25) is 4.79 Å². The van der Waals surface area contributed by atoms with Crippen LogP contribution < -0.4 is 15.2 Å². The van der Waals surface area contributed by atoms with Gasteiger partial charge in [0.15, 0.2) is 11.5 Å². The number of rotatable bonds is 4. The Morgan fingerprint density at radius 2 is 1.68 bits per heavy atom. The maximum Gasteiger partial charge on any atom is 0.227 e. The standard InChI is InChI=1S/C19H22N2O3.ClH/c1-23-17-10-14-7-8-21(12-15(14)11-18(17)24-2)19(22)9-13-3-5-16(20)6-4-13;/h3-6,10-11H,7-9,12,20H2,1-2H3;1H. The number of benzene rings is 2. The molecule has 0 saturated carbocycles. The fourth-order valence-electron chi connectivity index (χ4n) is 3.02. The third-order valence-electron chi connectivity index (χ3n) is 4.41. The molecule has 1 aliphatic rings. The molecule has 0 atom stereocenters. The number of hydrogen-bond donors (Lipinski definition) is 1. The molecule has 0 aromatic heterocycles. The van der Waals surface area contributed by atoms with E-state index in [4.69, 9.17) is 15.2 Å². The van der Waals surface area contributed by atoms with Gasteiger partial charge in [0, 0.05) is 18.8 Å². The zero-order valence-electron chi connectivity index (χ0n) is 14.5. The highest BCUT2D eigenvalue weighted by molar-refractivity contribution is 5.85. The first kappa shape index (κ1) is 18.9. The number of halogens is 1. The van der Waals surface area contributed by atoms with Crippen molar-refractivity contribution in [1.29, 1.82) is 0 Å². The van der Waals surface area contributed by atoms with E-state index < -0.39 is 0 Å². The van der Waals surface area contributed by atoms with Crippen LogP contribution in [0.4, 0.5) is 5.69 Å². The Labute approximate surface area is 154 Å². The average molecular weight is 363 g/mol. The molecule has 2 N–H and O–H groups in total. The second-order valence-corrected chi connectivity index (χ2v) is 5.96. The van der Waals surface area contributed by atoms with Gasteiger partial charge in [0.2, 0.25) is 5.91 Å². The molecule has 6 heteroatoms. The Morgan fingerprint density at radius 1 is 1.08 bits per heavy atom. The average Bonchev–Trinajstić information content (AvgIpc) is 2.61. The first-order valence-electron chi connectivity index (χ1n) is 7.96. The fourth-order valence-corrected chi connectivity index (χ4v) is 3.02. The molecule has 3 rings (SSSR count). The predicted molar refractivity (Wildman–Crippen MR) is 100 cm³/mol. The minimum Gasteiger partial charge on any atom is -0.493 e. The van der Waals surface area contributed by atoms with Gasteiger partial charge in [0.25, 0.3) is 0 Å². The Hall–Kier alpha value is -2.40. The molecule has 0 bridgehead atoms. The molecule has 0 radical (unpaired) electrons. The number of hydrogen-bond acceptors (Lipinski definition) is 4. The van der Waals surface area contributed by atoms with Gasteiger partial charge < -0.3 is 20.1 Å². The zero-order valence-corrected chi connectivity index (χ0v) is 15.3. The molecular formula is C19H23ClN2O3. The van der Waals surface area contributed by atoms with Gasteiger partial charge in [0.1, 0.15) is 0 Å². The van der Waals surface area contributed by atoms with Gasteiger partial charge in [-0.25, -0.2) is 0 Å². The summed E-state index contributed by atoms with van der Waals surface area (Å²) in [6.45, 7) is 1.32. The molecule has 1 aliphatic heterocycles. The topological polar surface area (TPSA) is 64.8 Å². The Balaban J connectivity index is 0.00000225. The number of methoxy groups -OCH3 is 2. The van der Waals surface area contributed by atoms with Crippen LogP contribution in [0.5, 0.6) is 11.5 Å². The first-order chi connectivity index (χ1) is 11.6. The molecule has 2 aromatic carbocycles. The van der Waals surface area contributed by atoms with Crippen LogP contribution in [0.3, 0.4) is 0 Å². The molecule has 2 aromatic rings. The van der Waals surface area contributed by atoms with Crippen molar-refractivity contribution in [2.75, 3.05) is 26.5 Å². The van der Waals surface area contributed by atoms with Gasteiger partial charge in [-0.15, -0.1) is 12.4 Å². The number of fused-ring (bicyclic) bond motifs is 1. The number of ether oxygens (including phenoxy) is 2. The van der Waals surface area contributed by atoms with Crippen molar-refractivity contribution in [1.82, 2.24) is 4.90 Å². The number of carbonyl (C=O) groups excluding carboxylic acids is 1. The van der Waals surface area contributed by atoms with Crippen LogP contribution in [0.15, 0.2) is 36.4 Å². The normalized spacial score (nSPS) is 12.8. The van der Waals surface area contributed by atoms with Gasteiger partial charge in [-0.1, -0.05) is 12.1 Å². The van der Waals surface area contributed by atoms with Crippen molar-refractivity contribution in [3.05, 3.63) is 53.1 Å². The SMILES string of the molecule is COc1cc2c(cc1OC)CN(C(=O)Cc1ccc(N)cc1)CC2.Cl. The lowest BCUT2D eigenvalue weighted by Crippen LogP contribution is -2.36. The van der Waals surface area contributed by atoms with E-state index >= 15 is 0 Å². The number of nitrogens with two attached hydrogens (primary N) is 1. The highest BCUT2D eigenvalue weighted by atomic mass is 35.5. The van der Waals surface area contributed by atoms with Crippen LogP contribution in [0.2, 0.25) is 0 Å². The quantitative estimate of drug-likeness (QED) is 0.849. The maximum atomic E-state index is 12.6. The van der Waals surface area contributed by atoms with Gasteiger partial charge in [-0.2, -0.15) is 0 Å². The van der Waals surface area contributed by atoms with Gasteiger partial charge in [-0.05, 0) is 47.4 Å². The number of carbonyl (C=O) groups is 1. The van der Waals surface area contributed by atoms with Gasteiger partial charge >= 0.3 is 0 Å². The lowest BCUT2D eigenvalue weighted by atomic mass is 9.98. The second-order valence-electron chi connectivity index (χ2n) is 5.96. The van der Waals surface area contributed by atoms with Crippen molar-refractivity contribution in [3.8, 4) is 11.5 Å². The monoisotopic (exact) mass is 362 g/mol. The summed E-state index contributed by atoms with van der Waals surface area (Å²) in [6, 6.07) is 11.4. The van der Waals surface area contributed by atoms with E-state index in [0.29, 0.717) is 24.4 Å². The third kappa shape index (κ3) is 4.17. The molecule has 0 aliphatic carbocycles. The molecule has 5 nitrogen and oxygen atoms in total. The van der Waals surface area contributed by atoms with Crippen LogP contribution in [0.25, 0.3) is 0 Å². The van der Waals surface area contributed by atoms with E-state index in [9.17, 15) is 4.79 Å². The van der Waals surface area contributed by atoms with Crippen LogP contribution in [-0.4, -0.2) is 31.6 Å². The van der Waals surface area contributed by atoms with Crippen molar-refractivity contribution in [2.24, 2.45) is 0 Å². The number of nitrogens with zero attached hydrogens (tertiary/aromatic N) is 1. The molecule has 1 heterocycles. The number of anilines is 1. The summed E-state index contributed by atoms with van der Waals surface area (Å²) in [4.78, 5) is 14.5. The number of amides is 1. The molecular weight excluding hydrogens is 340 g/mol. The zero-order chi connectivity index (χ0) is 17.1. The smallest absolute Gasteiger partial charge is 0.227 e. The van der Waals surface area contributed by atoms with E-state index in [1.54, 1.807) is 14.2 Å². The van der Waals surface area contributed by atoms with Crippen molar-refractivity contribution in [3.63, 3.8) is 0 Å². The lowest BCUT2D eigenvalue weighted by molar-refractivity contribution is -0.131. The molecule has 0 saturated heterocycles. The summed E-state index contributed by atoms with van der Waals surface area (Å²) in [5, 5.41) is 0. The molecule has 0 unspecified atom stereocenters. The minimum atomic E-state index is 0. The maximum absolute atomic E-state index is 12.6. The molecule has 25 heavy (non-hydrogen) atoms. The Morgan fingerprint density at radius 3 is 2.28 bits per heavy atom. The highest BCUT2D eigenvalue weighted by Crippen LogP contribution is 2.33. The second kappa shape index (κ2) is 8.12. The van der Waals surface area contributed by atoms with E-state index in [1.165, 1.54) is 5.56 Å². The summed E-state index contributed by atoms with van der Waals surface area (Å²) in [5.41, 5.74) is 9.70. The van der Waals surface area contributed by atoms with Crippen LogP contribution in [0, 0.1) is 0 Å². The Kier molecular flexibility index (Phi) is 6.15. The largest absolute Gasteiger partial charge is 0.493 e. The minimum absolute atomic E-state index is 0. The van der Waals surface area contributed by atoms with E-state index in [0.717, 1.165) is 29.8 Å². The van der Waals surface area contributed by atoms with E-state index in [1.807, 2.05) is 41.3 Å². The van der Waals surface area contributed by atoms with E-state index in [2.05, 4.69) is 0 Å². The van der Waals surface area contributed by atoms with Crippen molar-refractivity contribution in [2.45, 2.75) is 19.4 Å². The summed E-state index contributed by atoms with van der Waals surface area (Å²) in [7, 11) is 3.26. The molecule has 0 fully saturated rings. The predicted octanol–water partition coefficient (Wildman–Crippen LogP) is 2.84. The fraction of sp³-hybridized carbons (Fsp3) is 0.316. The molecule has 1 amide bonds. The van der Waals surface area contributed by atoms with Crippen LogP contribution >= 0.6 is 12.4 Å². The summed E-state index contributed by atoms with van der Waals surface area (Å²) >= 11 is 0. The third-order valence-corrected chi connectivity index (χ3v) is 4.41. The number of nitrogen functional groups attached to an aromatic ring is 1. The summed E-state index contributed by atoms with van der Waals surface area (Å²) < 4.78 is 10.7. The van der Waals surface area contributed by atoms with E-state index in [-0.39, 0.29) is 18.3 Å². The Bertz CT molecular complexity index is 747. The lowest BCUT2D eigenvalue weighted by Gasteiger charge is -2.29. The molecule has 0 spiro atoms. The summed E-state index contributed by atoms with van der Waals surface area (Å²) in [5.74, 6) is 1.56. The highest BCUT2D eigenvalue weighted by Gasteiger charge is 2.22. The molecule has 134 valence electrons. The van der Waals surface area contributed by atoms with Crippen molar-refractivity contribution < 1.29 is 14.3 Å². The summed E-state index contributed by atoms with van der Waals surface area (Å²) in [6.07, 6.45) is 1.21. The van der Waals surface area contributed by atoms with Crippen LogP contribution in [-0.2, 0) is 24.2 Å². The van der Waals surface area contributed by atoms with Gasteiger partial charge in [0.05, 0.1) is 20.6 Å². The van der Waals surface area contributed by atoms with Crippen molar-refractivity contribution >= 4 is 24.0 Å².